The second-order valence-corrected chi connectivity index (χ2v) is 2.86. The van der Waals surface area contributed by atoms with E-state index in [1.54, 1.807) is 24.3 Å². The van der Waals surface area contributed by atoms with Crippen molar-refractivity contribution in [3.63, 3.8) is 0 Å². The molecule has 2 atom stereocenters. The zero-order valence-corrected chi connectivity index (χ0v) is 7.47. The summed E-state index contributed by atoms with van der Waals surface area (Å²) in [5.41, 5.74) is 0. The van der Waals surface area contributed by atoms with Crippen LogP contribution in [0.4, 0.5) is 0 Å². The number of aliphatic hydroxyl groups excluding tert-OH is 2. The third-order valence-electron chi connectivity index (χ3n) is 1.66. The van der Waals surface area contributed by atoms with Gasteiger partial charge in [0.1, 0.15) is 18.5 Å². The first-order chi connectivity index (χ1) is 6.20. The van der Waals surface area contributed by atoms with E-state index in [2.05, 4.69) is 6.07 Å². The van der Waals surface area contributed by atoms with Crippen molar-refractivity contribution in [3.05, 3.63) is 30.3 Å². The SMILES string of the molecule is C[C@H](O)[C@@H](O)COc1c[c]ccc1. The van der Waals surface area contributed by atoms with Gasteiger partial charge in [0.25, 0.3) is 0 Å². The lowest BCUT2D eigenvalue weighted by molar-refractivity contribution is 0.00227. The lowest BCUT2D eigenvalue weighted by Crippen LogP contribution is -2.29. The molecule has 3 heteroatoms. The molecule has 2 N–H and O–H groups in total. The van der Waals surface area contributed by atoms with E-state index in [0.29, 0.717) is 5.75 Å². The Morgan fingerprint density at radius 3 is 2.85 bits per heavy atom. The molecule has 0 bridgehead atoms. The number of hydrogen-bond donors (Lipinski definition) is 2. The highest BCUT2D eigenvalue weighted by Crippen LogP contribution is 2.08. The molecule has 71 valence electrons. The van der Waals surface area contributed by atoms with Gasteiger partial charge in [-0.3, -0.25) is 0 Å². The van der Waals surface area contributed by atoms with Crippen LogP contribution in [-0.2, 0) is 0 Å². The maximum atomic E-state index is 9.20. The highest BCUT2D eigenvalue weighted by atomic mass is 16.5. The summed E-state index contributed by atoms with van der Waals surface area (Å²) in [4.78, 5) is 0. The Labute approximate surface area is 77.6 Å². The lowest BCUT2D eigenvalue weighted by atomic mass is 10.2. The van der Waals surface area contributed by atoms with Crippen molar-refractivity contribution < 1.29 is 14.9 Å². The van der Waals surface area contributed by atoms with E-state index in [1.807, 2.05) is 0 Å². The van der Waals surface area contributed by atoms with Crippen LogP contribution in [0, 0.1) is 6.07 Å². The van der Waals surface area contributed by atoms with Crippen molar-refractivity contribution in [1.82, 2.24) is 0 Å². The third kappa shape index (κ3) is 3.44. The van der Waals surface area contributed by atoms with Gasteiger partial charge in [0.2, 0.25) is 0 Å². The standard InChI is InChI=1S/C10H13O3/c1-8(11)10(12)7-13-9-5-3-2-4-6-9/h2-3,5-6,8,10-12H,7H2,1H3/t8-,10-/m0/s1. The van der Waals surface area contributed by atoms with Crippen LogP contribution in [0.25, 0.3) is 0 Å². The number of ether oxygens (including phenoxy) is 1. The molecule has 0 heterocycles. The molecule has 1 rings (SSSR count). The average Bonchev–Trinajstić information content (AvgIpc) is 2.15. The topological polar surface area (TPSA) is 49.7 Å². The summed E-state index contributed by atoms with van der Waals surface area (Å²) < 4.78 is 5.19. The zero-order chi connectivity index (χ0) is 9.68. The first-order valence-corrected chi connectivity index (χ1v) is 4.15. The van der Waals surface area contributed by atoms with Crippen LogP contribution in [0.2, 0.25) is 0 Å². The molecule has 0 aliphatic carbocycles. The minimum absolute atomic E-state index is 0.0928. The van der Waals surface area contributed by atoms with Gasteiger partial charge in [0.15, 0.2) is 0 Å². The maximum Gasteiger partial charge on any atom is 0.120 e. The highest BCUT2D eigenvalue weighted by molar-refractivity contribution is 5.20. The Morgan fingerprint density at radius 2 is 2.31 bits per heavy atom. The van der Waals surface area contributed by atoms with Crippen LogP contribution in [0.1, 0.15) is 6.92 Å². The van der Waals surface area contributed by atoms with E-state index in [9.17, 15) is 5.11 Å². The molecule has 1 radical (unpaired) electrons. The van der Waals surface area contributed by atoms with Crippen molar-refractivity contribution in [2.75, 3.05) is 6.61 Å². The molecule has 0 saturated heterocycles. The quantitative estimate of drug-likeness (QED) is 0.715. The molecule has 0 saturated carbocycles. The second kappa shape index (κ2) is 4.84. The van der Waals surface area contributed by atoms with E-state index in [1.165, 1.54) is 6.92 Å². The van der Waals surface area contributed by atoms with Crippen LogP contribution in [0.3, 0.4) is 0 Å². The third-order valence-corrected chi connectivity index (χ3v) is 1.66. The Bertz CT molecular complexity index is 233. The number of benzene rings is 1. The summed E-state index contributed by atoms with van der Waals surface area (Å²) in [6.07, 6.45) is -1.62. The molecule has 0 amide bonds. The molecule has 13 heavy (non-hydrogen) atoms. The summed E-state index contributed by atoms with van der Waals surface area (Å²) in [5, 5.41) is 18.2. The summed E-state index contributed by atoms with van der Waals surface area (Å²) in [5.74, 6) is 0.641. The summed E-state index contributed by atoms with van der Waals surface area (Å²) in [6, 6.07) is 9.85. The molecule has 0 fully saturated rings. The van der Waals surface area contributed by atoms with E-state index in [4.69, 9.17) is 9.84 Å². The fourth-order valence-corrected chi connectivity index (χ4v) is 0.788. The molecule has 0 aliphatic rings. The monoisotopic (exact) mass is 181 g/mol. The van der Waals surface area contributed by atoms with Crippen LogP contribution in [-0.4, -0.2) is 29.0 Å². The largest absolute Gasteiger partial charge is 0.491 e. The van der Waals surface area contributed by atoms with Gasteiger partial charge in [-0.2, -0.15) is 0 Å². The van der Waals surface area contributed by atoms with Crippen LogP contribution < -0.4 is 4.74 Å². The van der Waals surface area contributed by atoms with Crippen LogP contribution in [0.5, 0.6) is 5.75 Å². The zero-order valence-electron chi connectivity index (χ0n) is 7.47. The second-order valence-electron chi connectivity index (χ2n) is 2.86. The van der Waals surface area contributed by atoms with Crippen molar-refractivity contribution in [1.29, 1.82) is 0 Å². The van der Waals surface area contributed by atoms with Gasteiger partial charge in [0.05, 0.1) is 6.10 Å². The van der Waals surface area contributed by atoms with E-state index < -0.39 is 12.2 Å². The van der Waals surface area contributed by atoms with Crippen molar-refractivity contribution in [2.45, 2.75) is 19.1 Å². The van der Waals surface area contributed by atoms with Gasteiger partial charge in [-0.1, -0.05) is 12.1 Å². The van der Waals surface area contributed by atoms with Gasteiger partial charge in [-0.25, -0.2) is 0 Å². The molecule has 3 nitrogen and oxygen atoms in total. The molecule has 0 spiro atoms. The van der Waals surface area contributed by atoms with Gasteiger partial charge in [0, 0.05) is 0 Å². The van der Waals surface area contributed by atoms with Crippen LogP contribution >= 0.6 is 0 Å². The number of rotatable bonds is 4. The predicted octanol–water partition coefficient (Wildman–Crippen LogP) is 0.607. The molecule has 0 aliphatic heterocycles. The lowest BCUT2D eigenvalue weighted by Gasteiger charge is -2.14. The average molecular weight is 181 g/mol. The Morgan fingerprint density at radius 1 is 1.54 bits per heavy atom. The van der Waals surface area contributed by atoms with E-state index >= 15 is 0 Å². The van der Waals surface area contributed by atoms with Gasteiger partial charge < -0.3 is 14.9 Å². The van der Waals surface area contributed by atoms with E-state index in [0.717, 1.165) is 0 Å². The minimum atomic E-state index is -0.847. The highest BCUT2D eigenvalue weighted by Gasteiger charge is 2.10. The molecular weight excluding hydrogens is 168 g/mol. The molecular formula is C10H13O3. The van der Waals surface area contributed by atoms with Gasteiger partial charge in [-0.05, 0) is 25.1 Å². The maximum absolute atomic E-state index is 9.20. The van der Waals surface area contributed by atoms with Crippen molar-refractivity contribution >= 4 is 0 Å². The first kappa shape index (κ1) is 10.0. The smallest absolute Gasteiger partial charge is 0.120 e. The van der Waals surface area contributed by atoms with Crippen LogP contribution in [0.15, 0.2) is 24.3 Å². The van der Waals surface area contributed by atoms with Gasteiger partial charge >= 0.3 is 0 Å². The summed E-state index contributed by atoms with van der Waals surface area (Å²) in [7, 11) is 0. The summed E-state index contributed by atoms with van der Waals surface area (Å²) in [6.45, 7) is 1.61. The number of aliphatic hydroxyl groups is 2. The Kier molecular flexibility index (Phi) is 3.73. The first-order valence-electron chi connectivity index (χ1n) is 4.15. The Balaban J connectivity index is 2.35. The normalized spacial score (nSPS) is 15.0. The van der Waals surface area contributed by atoms with Gasteiger partial charge in [-0.15, -0.1) is 0 Å². The fraction of sp³-hybridized carbons (Fsp3) is 0.400. The van der Waals surface area contributed by atoms with Crippen molar-refractivity contribution in [3.8, 4) is 5.75 Å². The molecule has 1 aromatic carbocycles. The van der Waals surface area contributed by atoms with E-state index in [-0.39, 0.29) is 6.61 Å². The molecule has 1 aromatic rings. The summed E-state index contributed by atoms with van der Waals surface area (Å²) >= 11 is 0. The fourth-order valence-electron chi connectivity index (χ4n) is 0.788. The molecule has 0 unspecified atom stereocenters. The van der Waals surface area contributed by atoms with Crippen molar-refractivity contribution in [2.24, 2.45) is 0 Å². The predicted molar refractivity (Wildman–Crippen MR) is 48.5 cm³/mol. The Hall–Kier alpha value is -1.06. The number of hydrogen-bond acceptors (Lipinski definition) is 3. The molecule has 0 aromatic heterocycles. The minimum Gasteiger partial charge on any atom is -0.491 e.